The van der Waals surface area contributed by atoms with Crippen molar-refractivity contribution in [2.45, 2.75) is 147 Å². The van der Waals surface area contributed by atoms with Crippen LogP contribution in [-0.4, -0.2) is 95.5 Å². The van der Waals surface area contributed by atoms with Gasteiger partial charge in [-0.25, -0.2) is 0 Å². The van der Waals surface area contributed by atoms with E-state index < -0.39 is 29.3 Å². The molecular weight excluding hydrogens is 741 g/mol. The lowest BCUT2D eigenvalue weighted by Crippen LogP contribution is -2.63. The maximum Gasteiger partial charge on any atom is 0.310 e. The minimum absolute atomic E-state index is 0.0703. The summed E-state index contributed by atoms with van der Waals surface area (Å²) in [4.78, 5) is 48.7. The maximum atomic E-state index is 14.2. The number of nitrogens with zero attached hydrogens (tertiary/aromatic N) is 2. The molecule has 2 N–H and O–H groups in total. The highest BCUT2D eigenvalue weighted by Crippen LogP contribution is 2.59. The Kier molecular flexibility index (Phi) is 13.5. The molecule has 4 bridgehead atoms. The first kappa shape index (κ1) is 43.4. The van der Waals surface area contributed by atoms with Crippen molar-refractivity contribution >= 4 is 23.9 Å². The largest absolute Gasteiger partial charge is 0.493 e. The van der Waals surface area contributed by atoms with E-state index in [9.17, 15) is 24.3 Å². The third kappa shape index (κ3) is 8.88. The predicted molar refractivity (Wildman–Crippen MR) is 217 cm³/mol. The van der Waals surface area contributed by atoms with Crippen LogP contribution in [0.15, 0.2) is 36.4 Å². The summed E-state index contributed by atoms with van der Waals surface area (Å²) in [5.41, 5.74) is 1.39. The summed E-state index contributed by atoms with van der Waals surface area (Å²) >= 11 is 0. The molecule has 0 spiro atoms. The zero-order valence-corrected chi connectivity index (χ0v) is 35.5. The lowest BCUT2D eigenvalue weighted by atomic mass is 9.56. The molecule has 4 saturated heterocycles. The third-order valence-electron chi connectivity index (χ3n) is 15.1. The number of quaternary nitrogens is 2. The van der Waals surface area contributed by atoms with Gasteiger partial charge in [0.2, 0.25) is 0 Å². The van der Waals surface area contributed by atoms with Gasteiger partial charge in [-0.1, -0.05) is 25.7 Å². The Labute approximate surface area is 344 Å². The molecule has 0 amide bonds. The average molecular weight is 807 g/mol. The molecule has 4 unspecified atom stereocenters. The fourth-order valence-corrected chi connectivity index (χ4v) is 12.2. The van der Waals surface area contributed by atoms with Crippen LogP contribution in [0.5, 0.6) is 23.0 Å². The van der Waals surface area contributed by atoms with Gasteiger partial charge in [-0.3, -0.25) is 19.2 Å². The molecule has 2 aromatic carbocycles. The molecule has 12 heteroatoms. The molecule has 58 heavy (non-hydrogen) atoms. The SMILES string of the molecule is COc1cc(C[N+]2(C)C3CCC2CC(C(CCCCCCCC(=O)O)(C(=O)O)C2CC4CCC(C2)[N+]4(C)Cc2ccc(OC(C)=O)c(OC)c2)C3)ccc1OC(C)=O. The first-order valence-corrected chi connectivity index (χ1v) is 21.5. The fourth-order valence-electron chi connectivity index (χ4n) is 12.2. The number of esters is 2. The van der Waals surface area contributed by atoms with Crippen LogP contribution in [0.4, 0.5) is 0 Å². The Morgan fingerprint density at radius 1 is 0.621 bits per heavy atom. The van der Waals surface area contributed by atoms with Crippen LogP contribution in [0.1, 0.15) is 121 Å². The number of carbonyl (C=O) groups is 4. The molecule has 12 nitrogen and oxygen atoms in total. The van der Waals surface area contributed by atoms with Gasteiger partial charge in [0.25, 0.3) is 0 Å². The number of benzene rings is 2. The summed E-state index contributed by atoms with van der Waals surface area (Å²) in [7, 11) is 7.86. The summed E-state index contributed by atoms with van der Waals surface area (Å²) in [6.45, 7) is 4.35. The molecule has 318 valence electrons. The molecule has 4 aliphatic rings. The van der Waals surface area contributed by atoms with Crippen molar-refractivity contribution in [1.82, 2.24) is 0 Å². The van der Waals surface area contributed by atoms with Gasteiger partial charge in [-0.05, 0) is 61.1 Å². The van der Waals surface area contributed by atoms with Crippen LogP contribution in [0.25, 0.3) is 0 Å². The minimum Gasteiger partial charge on any atom is -0.493 e. The number of carboxylic acid groups (broad SMARTS) is 2. The number of hydrogen-bond donors (Lipinski definition) is 2. The number of unbranched alkanes of at least 4 members (excludes halogenated alkanes) is 4. The van der Waals surface area contributed by atoms with Gasteiger partial charge in [0.05, 0.1) is 57.9 Å². The molecule has 2 aromatic rings. The first-order chi connectivity index (χ1) is 27.6. The minimum atomic E-state index is -0.830. The monoisotopic (exact) mass is 806 g/mol. The first-order valence-electron chi connectivity index (χ1n) is 21.5. The van der Waals surface area contributed by atoms with Crippen LogP contribution in [-0.2, 0) is 32.3 Å². The maximum absolute atomic E-state index is 14.2. The Hall–Kier alpha value is -4.16. The fraction of sp³-hybridized carbons (Fsp3) is 0.652. The normalized spacial score (nSPS) is 29.6. The Morgan fingerprint density at radius 3 is 1.38 bits per heavy atom. The van der Waals surface area contributed by atoms with Gasteiger partial charge in [-0.15, -0.1) is 0 Å². The molecule has 0 aromatic heterocycles. The number of carbonyl (C=O) groups excluding carboxylic acids is 2. The summed E-state index contributed by atoms with van der Waals surface area (Å²) in [6, 6.07) is 13.0. The number of rotatable bonds is 19. The molecule has 0 radical (unpaired) electrons. The smallest absolute Gasteiger partial charge is 0.310 e. The third-order valence-corrected chi connectivity index (χ3v) is 15.1. The molecular formula is C46H66N2O10+2. The lowest BCUT2D eigenvalue weighted by molar-refractivity contribution is -0.963. The summed E-state index contributed by atoms with van der Waals surface area (Å²) < 4.78 is 23.7. The van der Waals surface area contributed by atoms with Crippen molar-refractivity contribution in [2.75, 3.05) is 28.3 Å². The number of carboxylic acids is 2. The lowest BCUT2D eigenvalue weighted by Gasteiger charge is -2.55. The average Bonchev–Trinajstić information content (AvgIpc) is 3.39. The molecule has 6 rings (SSSR count). The van der Waals surface area contributed by atoms with Gasteiger partial charge in [-0.2, -0.15) is 0 Å². The van der Waals surface area contributed by atoms with E-state index in [1.807, 2.05) is 36.4 Å². The van der Waals surface area contributed by atoms with E-state index in [2.05, 4.69) is 14.1 Å². The summed E-state index contributed by atoms with van der Waals surface area (Å²) in [5, 5.41) is 20.8. The Bertz CT molecular complexity index is 1690. The summed E-state index contributed by atoms with van der Waals surface area (Å²) in [5.74, 6) is -0.169. The number of aliphatic carboxylic acids is 2. The second-order valence-corrected chi connectivity index (χ2v) is 18.3. The second kappa shape index (κ2) is 18.0. The van der Waals surface area contributed by atoms with Gasteiger partial charge >= 0.3 is 23.9 Å². The van der Waals surface area contributed by atoms with Crippen molar-refractivity contribution in [2.24, 2.45) is 17.3 Å². The highest BCUT2D eigenvalue weighted by atomic mass is 16.6. The second-order valence-electron chi connectivity index (χ2n) is 18.3. The van der Waals surface area contributed by atoms with Gasteiger partial charge < -0.3 is 38.1 Å². The zero-order chi connectivity index (χ0) is 41.8. The highest BCUT2D eigenvalue weighted by molar-refractivity contribution is 5.76. The van der Waals surface area contributed by atoms with Crippen molar-refractivity contribution in [3.63, 3.8) is 0 Å². The molecule has 4 fully saturated rings. The van der Waals surface area contributed by atoms with E-state index in [4.69, 9.17) is 24.1 Å². The van der Waals surface area contributed by atoms with E-state index >= 15 is 0 Å². The Morgan fingerprint density at radius 2 is 1.02 bits per heavy atom. The number of piperidine rings is 2. The van der Waals surface area contributed by atoms with Crippen LogP contribution in [0.2, 0.25) is 0 Å². The van der Waals surface area contributed by atoms with Gasteiger partial charge in [0.15, 0.2) is 23.0 Å². The molecule has 4 aliphatic heterocycles. The van der Waals surface area contributed by atoms with Crippen LogP contribution in [0, 0.1) is 17.3 Å². The molecule has 4 heterocycles. The van der Waals surface area contributed by atoms with Crippen LogP contribution in [0.3, 0.4) is 0 Å². The van der Waals surface area contributed by atoms with Crippen molar-refractivity contribution in [3.8, 4) is 23.0 Å². The molecule has 0 saturated carbocycles. The van der Waals surface area contributed by atoms with Crippen molar-refractivity contribution < 1.29 is 57.3 Å². The number of methoxy groups -OCH3 is 2. The van der Waals surface area contributed by atoms with Crippen molar-refractivity contribution in [1.29, 1.82) is 0 Å². The number of hydrogen-bond acceptors (Lipinski definition) is 8. The van der Waals surface area contributed by atoms with E-state index in [1.54, 1.807) is 14.2 Å². The quantitative estimate of drug-likeness (QED) is 0.0622. The predicted octanol–water partition coefficient (Wildman–Crippen LogP) is 7.92. The number of fused-ring (bicyclic) bond motifs is 4. The van der Waals surface area contributed by atoms with Crippen LogP contribution < -0.4 is 18.9 Å². The van der Waals surface area contributed by atoms with Gasteiger partial charge in [0.1, 0.15) is 13.1 Å². The van der Waals surface area contributed by atoms with Crippen molar-refractivity contribution in [3.05, 3.63) is 47.5 Å². The Balaban J connectivity index is 1.24. The van der Waals surface area contributed by atoms with E-state index in [0.717, 1.165) is 110 Å². The summed E-state index contributed by atoms with van der Waals surface area (Å²) in [6.07, 6.45) is 12.8. The zero-order valence-electron chi connectivity index (χ0n) is 35.5. The molecule has 4 atom stereocenters. The van der Waals surface area contributed by atoms with Gasteiger partial charge in [0, 0.05) is 82.8 Å². The van der Waals surface area contributed by atoms with E-state index in [-0.39, 0.29) is 18.3 Å². The standard InChI is InChI=1S/C46H64N2O10/c1-30(49)57-40-19-13-32(22-42(40)55-5)28-47(3)36-15-16-37(47)25-34(24-36)46(45(53)54,21-11-9-7-8-10-12-44(51)52)35-26-38-17-18-39(27-35)48(38,4)29-33-14-20-41(58-31(2)50)43(23-33)56-6/h13-14,19-20,22-23,34-39H,7-12,15-18,21,24-29H2,1-6H3/p+2. The number of ether oxygens (including phenoxy) is 4. The highest BCUT2D eigenvalue weighted by Gasteiger charge is 2.63. The van der Waals surface area contributed by atoms with E-state index in [1.165, 1.54) is 13.8 Å². The van der Waals surface area contributed by atoms with Crippen LogP contribution >= 0.6 is 0 Å². The topological polar surface area (TPSA) is 146 Å². The van der Waals surface area contributed by atoms with E-state index in [0.29, 0.717) is 60.0 Å². The molecule has 0 aliphatic carbocycles.